The summed E-state index contributed by atoms with van der Waals surface area (Å²) < 4.78 is 11.8. The summed E-state index contributed by atoms with van der Waals surface area (Å²) in [7, 11) is 0. The Morgan fingerprint density at radius 2 is 1.71 bits per heavy atom. The molecule has 8 nitrogen and oxygen atoms in total. The summed E-state index contributed by atoms with van der Waals surface area (Å²) in [5.41, 5.74) is 2.31. The fourth-order valence-electron chi connectivity index (χ4n) is 4.46. The molecule has 1 saturated heterocycles. The molecule has 0 unspecified atom stereocenters. The molecule has 0 N–H and O–H groups in total. The van der Waals surface area contributed by atoms with Gasteiger partial charge in [-0.2, -0.15) is 0 Å². The van der Waals surface area contributed by atoms with Gasteiger partial charge in [0.05, 0.1) is 28.3 Å². The second-order valence-electron chi connectivity index (χ2n) is 9.22. The van der Waals surface area contributed by atoms with Gasteiger partial charge in [-0.3, -0.25) is 19.8 Å². The number of thioether (sulfide) groups is 1. The molecule has 6 rings (SSSR count). The van der Waals surface area contributed by atoms with E-state index in [9.17, 15) is 14.9 Å². The molecule has 2 heterocycles. The minimum Gasteiger partial charge on any atom is -0.488 e. The number of nitro benzene ring substituents is 1. The molecule has 0 atom stereocenters. The van der Waals surface area contributed by atoms with Gasteiger partial charge in [0.25, 0.3) is 11.6 Å². The summed E-state index contributed by atoms with van der Waals surface area (Å²) in [6.45, 7) is 0.458. The molecular weight excluding hydrogens is 538 g/mol. The van der Waals surface area contributed by atoms with E-state index in [-0.39, 0.29) is 24.7 Å². The second-order valence-corrected chi connectivity index (χ2v) is 10.2. The number of hydrogen-bond donors (Lipinski definition) is 0. The second kappa shape index (κ2) is 11.5. The highest BCUT2D eigenvalue weighted by molar-refractivity contribution is 8.18. The van der Waals surface area contributed by atoms with Gasteiger partial charge in [-0.05, 0) is 76.6 Å². The van der Waals surface area contributed by atoms with Crippen molar-refractivity contribution < 1.29 is 18.9 Å². The first-order valence-electron chi connectivity index (χ1n) is 12.8. The Kier molecular flexibility index (Phi) is 7.34. The first kappa shape index (κ1) is 26.1. The Bertz CT molecular complexity index is 1780. The van der Waals surface area contributed by atoms with Crippen molar-refractivity contribution in [1.82, 2.24) is 4.90 Å². The number of fused-ring (bicyclic) bond motifs is 1. The number of rotatable bonds is 8. The number of furan rings is 1. The van der Waals surface area contributed by atoms with E-state index in [1.807, 2.05) is 78.9 Å². The summed E-state index contributed by atoms with van der Waals surface area (Å²) in [6.07, 6.45) is 3.43. The molecule has 0 saturated carbocycles. The van der Waals surface area contributed by atoms with Crippen molar-refractivity contribution in [2.45, 2.75) is 13.2 Å². The predicted molar refractivity (Wildman–Crippen MR) is 160 cm³/mol. The van der Waals surface area contributed by atoms with Gasteiger partial charge in [0.15, 0.2) is 5.17 Å². The molecule has 41 heavy (non-hydrogen) atoms. The third-order valence-corrected chi connectivity index (χ3v) is 7.52. The van der Waals surface area contributed by atoms with Gasteiger partial charge in [-0.1, -0.05) is 48.5 Å². The van der Waals surface area contributed by atoms with Gasteiger partial charge in [-0.25, -0.2) is 4.99 Å². The van der Waals surface area contributed by atoms with Crippen LogP contribution in [0, 0.1) is 10.1 Å². The van der Waals surface area contributed by atoms with Crippen molar-refractivity contribution in [3.8, 4) is 5.75 Å². The molecule has 0 spiro atoms. The van der Waals surface area contributed by atoms with Crippen LogP contribution in [0.3, 0.4) is 0 Å². The van der Waals surface area contributed by atoms with Gasteiger partial charge in [-0.15, -0.1) is 0 Å². The SMILES string of the molecule is O=C1/C(=C/c2c(OCc3ccc([N+](=O)[O-])cc3)ccc3ccccc23)SC(=Nc2ccccc2)N1Cc1ccco1. The summed E-state index contributed by atoms with van der Waals surface area (Å²) in [5.74, 6) is 1.06. The van der Waals surface area contributed by atoms with E-state index in [0.717, 1.165) is 27.6 Å². The van der Waals surface area contributed by atoms with Crippen LogP contribution in [0.2, 0.25) is 0 Å². The zero-order chi connectivity index (χ0) is 28.2. The zero-order valence-corrected chi connectivity index (χ0v) is 22.5. The summed E-state index contributed by atoms with van der Waals surface area (Å²) in [6, 6.07) is 31.1. The van der Waals surface area contributed by atoms with Crippen LogP contribution in [0.25, 0.3) is 16.8 Å². The van der Waals surface area contributed by atoms with Crippen molar-refractivity contribution >= 4 is 51.1 Å². The highest BCUT2D eigenvalue weighted by Crippen LogP contribution is 2.38. The number of benzene rings is 4. The molecule has 0 radical (unpaired) electrons. The lowest BCUT2D eigenvalue weighted by Crippen LogP contribution is -2.28. The highest BCUT2D eigenvalue weighted by atomic mass is 32.2. The topological polar surface area (TPSA) is 98.2 Å². The maximum atomic E-state index is 13.8. The summed E-state index contributed by atoms with van der Waals surface area (Å²) in [4.78, 5) is 31.2. The minimum atomic E-state index is -0.431. The average molecular weight is 562 g/mol. The van der Waals surface area contributed by atoms with E-state index in [1.165, 1.54) is 23.9 Å². The lowest BCUT2D eigenvalue weighted by Gasteiger charge is -2.14. The molecule has 1 aliphatic rings. The lowest BCUT2D eigenvalue weighted by atomic mass is 10.0. The van der Waals surface area contributed by atoms with Crippen LogP contribution in [0.5, 0.6) is 5.75 Å². The standard InChI is InChI=1S/C32H23N3O5S/c36-31-30(41-32(33-24-8-2-1-3-9-24)34(31)20-26-10-6-18-39-26)19-28-27-11-5-4-7-23(27)14-17-29(28)40-21-22-12-15-25(16-13-22)35(37)38/h1-19H,20-21H2/b30-19-,33-32?. The van der Waals surface area contributed by atoms with Crippen LogP contribution in [0.15, 0.2) is 124 Å². The van der Waals surface area contributed by atoms with Gasteiger partial charge >= 0.3 is 0 Å². The molecule has 1 aliphatic heterocycles. The Hall–Kier alpha value is -5.15. The third kappa shape index (κ3) is 5.75. The first-order valence-corrected chi connectivity index (χ1v) is 13.6. The molecule has 4 aromatic carbocycles. The molecule has 202 valence electrons. The monoisotopic (exact) mass is 561 g/mol. The Morgan fingerprint density at radius 1 is 0.927 bits per heavy atom. The molecule has 0 aliphatic carbocycles. The molecule has 1 fully saturated rings. The van der Waals surface area contributed by atoms with E-state index >= 15 is 0 Å². The number of aliphatic imine (C=N–C) groups is 1. The molecule has 5 aromatic rings. The highest BCUT2D eigenvalue weighted by Gasteiger charge is 2.34. The van der Waals surface area contributed by atoms with Crippen molar-refractivity contribution in [3.05, 3.63) is 141 Å². The van der Waals surface area contributed by atoms with Crippen molar-refractivity contribution in [1.29, 1.82) is 0 Å². The normalized spacial score (nSPS) is 15.2. The van der Waals surface area contributed by atoms with Gasteiger partial charge in [0.1, 0.15) is 18.1 Å². The largest absolute Gasteiger partial charge is 0.488 e. The Labute approximate surface area is 239 Å². The first-order chi connectivity index (χ1) is 20.0. The van der Waals surface area contributed by atoms with E-state index in [1.54, 1.807) is 29.4 Å². The number of amides is 1. The summed E-state index contributed by atoms with van der Waals surface area (Å²) in [5, 5.41) is 13.5. The number of nitro groups is 1. The quantitative estimate of drug-likeness (QED) is 0.109. The van der Waals surface area contributed by atoms with E-state index in [0.29, 0.717) is 21.6 Å². The molecule has 0 bridgehead atoms. The van der Waals surface area contributed by atoms with Gasteiger partial charge in [0, 0.05) is 17.7 Å². The number of non-ortho nitro benzene ring substituents is 1. The molecule has 1 amide bonds. The van der Waals surface area contributed by atoms with Crippen molar-refractivity contribution in [3.63, 3.8) is 0 Å². The smallest absolute Gasteiger partial charge is 0.269 e. The number of para-hydroxylation sites is 1. The zero-order valence-electron chi connectivity index (χ0n) is 21.7. The molecular formula is C32H23N3O5S. The molecule has 1 aromatic heterocycles. The van der Waals surface area contributed by atoms with Crippen molar-refractivity contribution in [2.24, 2.45) is 4.99 Å². The number of carbonyl (C=O) groups excluding carboxylic acids is 1. The fourth-order valence-corrected chi connectivity index (χ4v) is 5.44. The number of ether oxygens (including phenoxy) is 1. The van der Waals surface area contributed by atoms with E-state index in [2.05, 4.69) is 0 Å². The lowest BCUT2D eigenvalue weighted by molar-refractivity contribution is -0.384. The predicted octanol–water partition coefficient (Wildman–Crippen LogP) is 7.72. The van der Waals surface area contributed by atoms with Crippen LogP contribution in [-0.4, -0.2) is 20.9 Å². The van der Waals surface area contributed by atoms with Crippen LogP contribution >= 0.6 is 11.8 Å². The number of carbonyl (C=O) groups is 1. The van der Waals surface area contributed by atoms with Crippen LogP contribution in [0.4, 0.5) is 11.4 Å². The van der Waals surface area contributed by atoms with E-state index < -0.39 is 4.92 Å². The maximum absolute atomic E-state index is 13.8. The minimum absolute atomic E-state index is 0.0220. The Balaban J connectivity index is 1.37. The number of nitrogens with zero attached hydrogens (tertiary/aromatic N) is 3. The average Bonchev–Trinajstić information content (AvgIpc) is 3.62. The van der Waals surface area contributed by atoms with Gasteiger partial charge in [0.2, 0.25) is 0 Å². The number of amidine groups is 1. The summed E-state index contributed by atoms with van der Waals surface area (Å²) >= 11 is 1.30. The van der Waals surface area contributed by atoms with Gasteiger partial charge < -0.3 is 9.15 Å². The van der Waals surface area contributed by atoms with Crippen LogP contribution in [0.1, 0.15) is 16.9 Å². The van der Waals surface area contributed by atoms with E-state index in [4.69, 9.17) is 14.1 Å². The van der Waals surface area contributed by atoms with Crippen LogP contribution < -0.4 is 4.74 Å². The van der Waals surface area contributed by atoms with Crippen molar-refractivity contribution in [2.75, 3.05) is 0 Å². The van der Waals surface area contributed by atoms with Crippen LogP contribution in [-0.2, 0) is 17.9 Å². The Morgan fingerprint density at radius 3 is 2.46 bits per heavy atom. The maximum Gasteiger partial charge on any atom is 0.269 e. The third-order valence-electron chi connectivity index (χ3n) is 6.51. The number of hydrogen-bond acceptors (Lipinski definition) is 7. The fraction of sp³-hybridized carbons (Fsp3) is 0.0625. The molecule has 9 heteroatoms.